The molecule has 0 aliphatic carbocycles. The highest BCUT2D eigenvalue weighted by Crippen LogP contribution is 2.16. The van der Waals surface area contributed by atoms with Gasteiger partial charge < -0.3 is 15.8 Å². The molecule has 3 N–H and O–H groups in total. The summed E-state index contributed by atoms with van der Waals surface area (Å²) in [5.41, 5.74) is 5.42. The SMILES string of the molecule is COCC(C)C(=O)NC(C)(CN)CC(C)C.Cl. The van der Waals surface area contributed by atoms with Crippen LogP contribution in [0.1, 0.15) is 34.1 Å². The lowest BCUT2D eigenvalue weighted by molar-refractivity contribution is -0.127. The van der Waals surface area contributed by atoms with Crippen LogP contribution in [0.5, 0.6) is 0 Å². The zero-order chi connectivity index (χ0) is 12.8. The van der Waals surface area contributed by atoms with Gasteiger partial charge in [-0.15, -0.1) is 12.4 Å². The molecule has 4 nitrogen and oxygen atoms in total. The molecule has 17 heavy (non-hydrogen) atoms. The summed E-state index contributed by atoms with van der Waals surface area (Å²) >= 11 is 0. The first kappa shape index (κ1) is 19.0. The molecular formula is C12H27ClN2O2. The van der Waals surface area contributed by atoms with Gasteiger partial charge in [-0.05, 0) is 19.3 Å². The zero-order valence-electron chi connectivity index (χ0n) is 11.6. The number of amides is 1. The summed E-state index contributed by atoms with van der Waals surface area (Å²) in [6.45, 7) is 8.98. The molecule has 0 aromatic rings. The number of nitrogens with one attached hydrogen (secondary N) is 1. The van der Waals surface area contributed by atoms with Gasteiger partial charge in [0, 0.05) is 19.2 Å². The summed E-state index contributed by atoms with van der Waals surface area (Å²) in [5.74, 6) is 0.380. The fraction of sp³-hybridized carbons (Fsp3) is 0.917. The number of hydrogen-bond donors (Lipinski definition) is 2. The minimum absolute atomic E-state index is 0. The van der Waals surface area contributed by atoms with Crippen LogP contribution in [0.3, 0.4) is 0 Å². The molecule has 0 rings (SSSR count). The summed E-state index contributed by atoms with van der Waals surface area (Å²) in [6, 6.07) is 0. The Hall–Kier alpha value is -0.320. The van der Waals surface area contributed by atoms with Crippen molar-refractivity contribution in [3.8, 4) is 0 Å². The maximum Gasteiger partial charge on any atom is 0.225 e. The second-order valence-corrected chi connectivity index (χ2v) is 5.21. The Kier molecular flexibility index (Phi) is 9.77. The molecule has 1 amide bonds. The molecule has 0 fully saturated rings. The first-order valence-corrected chi connectivity index (χ1v) is 5.85. The molecule has 2 atom stereocenters. The van der Waals surface area contributed by atoms with Crippen LogP contribution in [0.4, 0.5) is 0 Å². The predicted molar refractivity (Wildman–Crippen MR) is 73.3 cm³/mol. The lowest BCUT2D eigenvalue weighted by atomic mass is 9.90. The Labute approximate surface area is 111 Å². The molecule has 2 unspecified atom stereocenters. The highest BCUT2D eigenvalue weighted by Gasteiger charge is 2.27. The molecule has 0 aliphatic rings. The summed E-state index contributed by atoms with van der Waals surface area (Å²) in [6.07, 6.45) is 0.884. The lowest BCUT2D eigenvalue weighted by Gasteiger charge is -2.32. The van der Waals surface area contributed by atoms with Gasteiger partial charge in [0.2, 0.25) is 5.91 Å². The molecular weight excluding hydrogens is 240 g/mol. The van der Waals surface area contributed by atoms with Crippen molar-refractivity contribution in [3.63, 3.8) is 0 Å². The van der Waals surface area contributed by atoms with E-state index < -0.39 is 0 Å². The third-order valence-electron chi connectivity index (χ3n) is 2.60. The van der Waals surface area contributed by atoms with E-state index in [-0.39, 0.29) is 29.8 Å². The molecule has 0 bridgehead atoms. The van der Waals surface area contributed by atoms with E-state index in [1.807, 2.05) is 13.8 Å². The van der Waals surface area contributed by atoms with E-state index in [4.69, 9.17) is 10.5 Å². The van der Waals surface area contributed by atoms with Crippen LogP contribution in [0, 0.1) is 11.8 Å². The molecule has 0 aliphatic heterocycles. The van der Waals surface area contributed by atoms with Gasteiger partial charge in [0.25, 0.3) is 0 Å². The van der Waals surface area contributed by atoms with Gasteiger partial charge >= 0.3 is 0 Å². The Morgan fingerprint density at radius 3 is 2.29 bits per heavy atom. The largest absolute Gasteiger partial charge is 0.384 e. The summed E-state index contributed by atoms with van der Waals surface area (Å²) in [4.78, 5) is 11.8. The van der Waals surface area contributed by atoms with E-state index in [0.717, 1.165) is 6.42 Å². The third-order valence-corrected chi connectivity index (χ3v) is 2.60. The Morgan fingerprint density at radius 1 is 1.41 bits per heavy atom. The van der Waals surface area contributed by atoms with Gasteiger partial charge in [-0.25, -0.2) is 0 Å². The van der Waals surface area contributed by atoms with Crippen molar-refractivity contribution >= 4 is 18.3 Å². The van der Waals surface area contributed by atoms with E-state index in [9.17, 15) is 4.79 Å². The van der Waals surface area contributed by atoms with E-state index in [0.29, 0.717) is 19.1 Å². The lowest BCUT2D eigenvalue weighted by Crippen LogP contribution is -2.53. The molecule has 5 heteroatoms. The highest BCUT2D eigenvalue weighted by molar-refractivity contribution is 5.85. The quantitative estimate of drug-likeness (QED) is 0.735. The first-order valence-electron chi connectivity index (χ1n) is 5.85. The van der Waals surface area contributed by atoms with Gasteiger partial charge in [0.15, 0.2) is 0 Å². The second-order valence-electron chi connectivity index (χ2n) is 5.21. The molecule has 0 saturated heterocycles. The number of carbonyl (C=O) groups is 1. The van der Waals surface area contributed by atoms with Crippen molar-refractivity contribution in [2.45, 2.75) is 39.7 Å². The number of carbonyl (C=O) groups excluding carboxylic acids is 1. The fourth-order valence-corrected chi connectivity index (χ4v) is 1.83. The number of hydrogen-bond acceptors (Lipinski definition) is 3. The first-order chi connectivity index (χ1) is 7.34. The van der Waals surface area contributed by atoms with Crippen molar-refractivity contribution < 1.29 is 9.53 Å². The Bertz CT molecular complexity index is 225. The van der Waals surface area contributed by atoms with Gasteiger partial charge in [-0.3, -0.25) is 4.79 Å². The average Bonchev–Trinajstić information content (AvgIpc) is 2.16. The number of nitrogens with two attached hydrogens (primary N) is 1. The standard InChI is InChI=1S/C12H26N2O2.ClH/c1-9(2)6-12(4,8-13)14-11(15)10(3)7-16-5;/h9-10H,6-8,13H2,1-5H3,(H,14,15);1H. The Morgan fingerprint density at radius 2 is 1.94 bits per heavy atom. The molecule has 104 valence electrons. The monoisotopic (exact) mass is 266 g/mol. The number of halogens is 1. The average molecular weight is 267 g/mol. The summed E-state index contributed by atoms with van der Waals surface area (Å²) in [5, 5.41) is 3.02. The van der Waals surface area contributed by atoms with Crippen LogP contribution >= 0.6 is 12.4 Å². The second kappa shape index (κ2) is 8.72. The fourth-order valence-electron chi connectivity index (χ4n) is 1.83. The molecule has 0 heterocycles. The molecule has 0 spiro atoms. The van der Waals surface area contributed by atoms with Crippen LogP contribution < -0.4 is 11.1 Å². The van der Waals surface area contributed by atoms with Gasteiger partial charge in [0.05, 0.1) is 12.5 Å². The maximum absolute atomic E-state index is 11.8. The molecule has 0 radical (unpaired) electrons. The van der Waals surface area contributed by atoms with E-state index in [2.05, 4.69) is 19.2 Å². The number of rotatable bonds is 7. The van der Waals surface area contributed by atoms with Crippen molar-refractivity contribution in [1.29, 1.82) is 0 Å². The van der Waals surface area contributed by atoms with E-state index in [1.54, 1.807) is 7.11 Å². The van der Waals surface area contributed by atoms with Crippen LogP contribution in [-0.2, 0) is 9.53 Å². The summed E-state index contributed by atoms with van der Waals surface area (Å²) in [7, 11) is 1.60. The number of ether oxygens (including phenoxy) is 1. The van der Waals surface area contributed by atoms with Crippen LogP contribution in [0.25, 0.3) is 0 Å². The minimum Gasteiger partial charge on any atom is -0.384 e. The Balaban J connectivity index is 0. The van der Waals surface area contributed by atoms with Crippen molar-refractivity contribution in [3.05, 3.63) is 0 Å². The van der Waals surface area contributed by atoms with Crippen molar-refractivity contribution in [2.24, 2.45) is 17.6 Å². The zero-order valence-corrected chi connectivity index (χ0v) is 12.4. The minimum atomic E-state index is -0.312. The van der Waals surface area contributed by atoms with Crippen LogP contribution in [0.2, 0.25) is 0 Å². The van der Waals surface area contributed by atoms with Gasteiger partial charge in [-0.1, -0.05) is 20.8 Å². The third kappa shape index (κ3) is 7.58. The molecule has 0 aromatic heterocycles. The topological polar surface area (TPSA) is 64.3 Å². The van der Waals surface area contributed by atoms with Crippen LogP contribution in [0.15, 0.2) is 0 Å². The number of methoxy groups -OCH3 is 1. The smallest absolute Gasteiger partial charge is 0.225 e. The van der Waals surface area contributed by atoms with Gasteiger partial charge in [-0.2, -0.15) is 0 Å². The predicted octanol–water partition coefficient (Wildman–Crippen LogP) is 1.57. The highest BCUT2D eigenvalue weighted by atomic mass is 35.5. The molecule has 0 aromatic carbocycles. The van der Waals surface area contributed by atoms with Crippen LogP contribution in [-0.4, -0.2) is 31.7 Å². The van der Waals surface area contributed by atoms with Crippen molar-refractivity contribution in [2.75, 3.05) is 20.3 Å². The normalized spacial score (nSPS) is 15.9. The maximum atomic E-state index is 11.8. The van der Waals surface area contributed by atoms with Crippen molar-refractivity contribution in [1.82, 2.24) is 5.32 Å². The molecule has 0 saturated carbocycles. The summed E-state index contributed by atoms with van der Waals surface area (Å²) < 4.78 is 4.96. The van der Waals surface area contributed by atoms with E-state index in [1.165, 1.54) is 0 Å². The van der Waals surface area contributed by atoms with Gasteiger partial charge in [0.1, 0.15) is 0 Å². The van der Waals surface area contributed by atoms with E-state index >= 15 is 0 Å².